The molecule has 5 nitrogen and oxygen atoms in total. The third kappa shape index (κ3) is 4.71. The van der Waals surface area contributed by atoms with Crippen molar-refractivity contribution in [3.63, 3.8) is 0 Å². The highest BCUT2D eigenvalue weighted by atomic mass is 19.1. The van der Waals surface area contributed by atoms with Crippen molar-refractivity contribution in [3.8, 4) is 0 Å². The van der Waals surface area contributed by atoms with Crippen molar-refractivity contribution < 1.29 is 14.0 Å². The second kappa shape index (κ2) is 8.77. The maximum absolute atomic E-state index is 13.7. The van der Waals surface area contributed by atoms with E-state index in [1.807, 2.05) is 47.1 Å². The van der Waals surface area contributed by atoms with Crippen LogP contribution in [0.5, 0.6) is 0 Å². The molecular weight excluding hydrogens is 345 g/mol. The Labute approximate surface area is 158 Å². The molecule has 0 spiro atoms. The van der Waals surface area contributed by atoms with Gasteiger partial charge in [-0.3, -0.25) is 14.5 Å². The average Bonchev–Trinajstić information content (AvgIpc) is 2.72. The summed E-state index contributed by atoms with van der Waals surface area (Å²) in [4.78, 5) is 28.8. The fourth-order valence-electron chi connectivity index (χ4n) is 3.21. The Bertz CT molecular complexity index is 789. The van der Waals surface area contributed by atoms with E-state index in [2.05, 4.69) is 5.32 Å². The summed E-state index contributed by atoms with van der Waals surface area (Å²) >= 11 is 0. The molecule has 1 unspecified atom stereocenters. The SMILES string of the molecule is CC(C(=O)NCc1ccccc1F)N1CCN(C(=O)c2ccccc2)CC1. The van der Waals surface area contributed by atoms with Crippen LogP contribution in [-0.4, -0.2) is 53.8 Å². The van der Waals surface area contributed by atoms with Crippen molar-refractivity contribution in [2.24, 2.45) is 0 Å². The third-order valence-electron chi connectivity index (χ3n) is 4.96. The molecule has 1 saturated heterocycles. The van der Waals surface area contributed by atoms with Crippen LogP contribution in [0.2, 0.25) is 0 Å². The van der Waals surface area contributed by atoms with E-state index >= 15 is 0 Å². The molecule has 1 atom stereocenters. The van der Waals surface area contributed by atoms with Crippen LogP contribution < -0.4 is 5.32 Å². The van der Waals surface area contributed by atoms with Crippen molar-refractivity contribution in [1.82, 2.24) is 15.1 Å². The van der Waals surface area contributed by atoms with Gasteiger partial charge in [-0.1, -0.05) is 36.4 Å². The minimum atomic E-state index is -0.328. The standard InChI is InChI=1S/C21H24FN3O2/c1-16(20(26)23-15-18-9-5-6-10-19(18)22)24-11-13-25(14-12-24)21(27)17-7-3-2-4-8-17/h2-10,16H,11-15H2,1H3,(H,23,26). The molecule has 1 N–H and O–H groups in total. The number of nitrogens with one attached hydrogen (secondary N) is 1. The number of hydrogen-bond acceptors (Lipinski definition) is 3. The zero-order chi connectivity index (χ0) is 19.2. The lowest BCUT2D eigenvalue weighted by Gasteiger charge is -2.37. The van der Waals surface area contributed by atoms with Crippen LogP contribution in [0.1, 0.15) is 22.8 Å². The van der Waals surface area contributed by atoms with E-state index in [0.29, 0.717) is 37.3 Å². The number of amides is 2. The van der Waals surface area contributed by atoms with E-state index in [1.54, 1.807) is 18.2 Å². The van der Waals surface area contributed by atoms with Gasteiger partial charge in [0.2, 0.25) is 5.91 Å². The van der Waals surface area contributed by atoms with E-state index in [4.69, 9.17) is 0 Å². The molecule has 0 bridgehead atoms. The van der Waals surface area contributed by atoms with Crippen molar-refractivity contribution in [3.05, 3.63) is 71.5 Å². The molecule has 2 aromatic carbocycles. The highest BCUT2D eigenvalue weighted by Crippen LogP contribution is 2.11. The number of piperazine rings is 1. The second-order valence-electron chi connectivity index (χ2n) is 6.68. The predicted octanol–water partition coefficient (Wildman–Crippen LogP) is 2.29. The Morgan fingerprint density at radius 1 is 1.00 bits per heavy atom. The monoisotopic (exact) mass is 369 g/mol. The highest BCUT2D eigenvalue weighted by Gasteiger charge is 2.27. The van der Waals surface area contributed by atoms with Crippen LogP contribution in [0.25, 0.3) is 0 Å². The zero-order valence-corrected chi connectivity index (χ0v) is 15.4. The van der Waals surface area contributed by atoms with Crippen LogP contribution in [0.15, 0.2) is 54.6 Å². The molecule has 6 heteroatoms. The molecule has 27 heavy (non-hydrogen) atoms. The second-order valence-corrected chi connectivity index (χ2v) is 6.68. The van der Waals surface area contributed by atoms with Crippen LogP contribution in [0.4, 0.5) is 4.39 Å². The van der Waals surface area contributed by atoms with Gasteiger partial charge in [0.1, 0.15) is 5.82 Å². The molecule has 1 fully saturated rings. The summed E-state index contributed by atoms with van der Waals surface area (Å²) in [6, 6.07) is 15.3. The third-order valence-corrected chi connectivity index (χ3v) is 4.96. The molecule has 1 heterocycles. The summed E-state index contributed by atoms with van der Waals surface area (Å²) in [6.45, 7) is 4.44. The molecule has 1 aliphatic heterocycles. The largest absolute Gasteiger partial charge is 0.351 e. The van der Waals surface area contributed by atoms with Gasteiger partial charge in [-0.2, -0.15) is 0 Å². The number of halogens is 1. The van der Waals surface area contributed by atoms with Crippen molar-refractivity contribution in [2.45, 2.75) is 19.5 Å². The number of carbonyl (C=O) groups excluding carboxylic acids is 2. The first-order chi connectivity index (χ1) is 13.1. The van der Waals surface area contributed by atoms with E-state index < -0.39 is 0 Å². The van der Waals surface area contributed by atoms with E-state index in [0.717, 1.165) is 0 Å². The van der Waals surface area contributed by atoms with Gasteiger partial charge in [-0.25, -0.2) is 4.39 Å². The molecule has 142 valence electrons. The van der Waals surface area contributed by atoms with E-state index in [-0.39, 0.29) is 30.2 Å². The van der Waals surface area contributed by atoms with Gasteiger partial charge >= 0.3 is 0 Å². The minimum Gasteiger partial charge on any atom is -0.351 e. The molecule has 3 rings (SSSR count). The van der Waals surface area contributed by atoms with Gasteiger partial charge in [0.05, 0.1) is 6.04 Å². The van der Waals surface area contributed by atoms with Crippen LogP contribution in [0.3, 0.4) is 0 Å². The van der Waals surface area contributed by atoms with Gasteiger partial charge in [-0.05, 0) is 25.1 Å². The summed E-state index contributed by atoms with van der Waals surface area (Å²) in [6.07, 6.45) is 0. The van der Waals surface area contributed by atoms with E-state index in [9.17, 15) is 14.0 Å². The Kier molecular flexibility index (Phi) is 6.19. The maximum Gasteiger partial charge on any atom is 0.253 e. The number of rotatable bonds is 5. The Morgan fingerprint density at radius 2 is 1.63 bits per heavy atom. The Balaban J connectivity index is 1.49. The van der Waals surface area contributed by atoms with Crippen molar-refractivity contribution in [2.75, 3.05) is 26.2 Å². The molecule has 0 aromatic heterocycles. The van der Waals surface area contributed by atoms with Gasteiger partial charge in [0.15, 0.2) is 0 Å². The highest BCUT2D eigenvalue weighted by molar-refractivity contribution is 5.94. The molecule has 2 amide bonds. The summed E-state index contributed by atoms with van der Waals surface area (Å²) in [5.74, 6) is -0.438. The van der Waals surface area contributed by atoms with Crippen LogP contribution in [0, 0.1) is 5.82 Å². The lowest BCUT2D eigenvalue weighted by Crippen LogP contribution is -2.54. The Hall–Kier alpha value is -2.73. The van der Waals surface area contributed by atoms with Gasteiger partial charge < -0.3 is 10.2 Å². The van der Waals surface area contributed by atoms with Gasteiger partial charge in [0.25, 0.3) is 5.91 Å². The number of nitrogens with zero attached hydrogens (tertiary/aromatic N) is 2. The summed E-state index contributed by atoms with van der Waals surface area (Å²) in [5, 5.41) is 2.80. The smallest absolute Gasteiger partial charge is 0.253 e. The molecular formula is C21H24FN3O2. The fraction of sp³-hybridized carbons (Fsp3) is 0.333. The van der Waals surface area contributed by atoms with Crippen molar-refractivity contribution in [1.29, 1.82) is 0 Å². The normalized spacial score (nSPS) is 16.0. The summed E-state index contributed by atoms with van der Waals surface area (Å²) < 4.78 is 13.7. The quantitative estimate of drug-likeness (QED) is 0.880. The number of benzene rings is 2. The molecule has 0 aliphatic carbocycles. The first-order valence-corrected chi connectivity index (χ1v) is 9.16. The first kappa shape index (κ1) is 19.0. The molecule has 0 radical (unpaired) electrons. The summed E-state index contributed by atoms with van der Waals surface area (Å²) in [5.41, 5.74) is 1.15. The van der Waals surface area contributed by atoms with Crippen molar-refractivity contribution >= 4 is 11.8 Å². The molecule has 1 aliphatic rings. The fourth-order valence-corrected chi connectivity index (χ4v) is 3.21. The zero-order valence-electron chi connectivity index (χ0n) is 15.4. The van der Waals surface area contributed by atoms with E-state index in [1.165, 1.54) is 6.07 Å². The summed E-state index contributed by atoms with van der Waals surface area (Å²) in [7, 11) is 0. The Morgan fingerprint density at radius 3 is 2.30 bits per heavy atom. The molecule has 2 aromatic rings. The topological polar surface area (TPSA) is 52.7 Å². The predicted molar refractivity (Wildman–Crippen MR) is 102 cm³/mol. The first-order valence-electron chi connectivity index (χ1n) is 9.16. The number of hydrogen-bond donors (Lipinski definition) is 1. The lowest BCUT2D eigenvalue weighted by atomic mass is 10.1. The van der Waals surface area contributed by atoms with Gasteiger partial charge in [-0.15, -0.1) is 0 Å². The average molecular weight is 369 g/mol. The number of carbonyl (C=O) groups is 2. The minimum absolute atomic E-state index is 0.0203. The van der Waals surface area contributed by atoms with Crippen LogP contribution in [-0.2, 0) is 11.3 Å². The van der Waals surface area contributed by atoms with Gasteiger partial charge in [0, 0.05) is 43.9 Å². The molecule has 0 saturated carbocycles. The van der Waals surface area contributed by atoms with Crippen LogP contribution >= 0.6 is 0 Å². The maximum atomic E-state index is 13.7. The lowest BCUT2D eigenvalue weighted by molar-refractivity contribution is -0.126.